The number of nitrogens with zero attached hydrogens (tertiary/aromatic N) is 2. The first-order valence-electron chi connectivity index (χ1n) is 3.52. The minimum atomic E-state index is -0.472. The molecule has 0 aliphatic carbocycles. The lowest BCUT2D eigenvalue weighted by atomic mass is 9.96. The van der Waals surface area contributed by atoms with Gasteiger partial charge in [0.1, 0.15) is 0 Å². The second-order valence-corrected chi connectivity index (χ2v) is 3.83. The Morgan fingerprint density at radius 1 is 1.55 bits per heavy atom. The van der Waals surface area contributed by atoms with Gasteiger partial charge >= 0.3 is 5.91 Å². The van der Waals surface area contributed by atoms with Crippen LogP contribution in [0.1, 0.15) is 20.8 Å². The summed E-state index contributed by atoms with van der Waals surface area (Å²) in [5, 5.41) is 8.26. The van der Waals surface area contributed by atoms with E-state index in [2.05, 4.69) is 0 Å². The van der Waals surface area contributed by atoms with Crippen LogP contribution in [0, 0.1) is 16.7 Å². The third-order valence-corrected chi connectivity index (χ3v) is 1.15. The molecule has 0 aromatic carbocycles. The molecule has 0 aliphatic heterocycles. The molecule has 0 N–H and O–H groups in total. The molecule has 0 unspecified atom stereocenters. The third kappa shape index (κ3) is 4.38. The van der Waals surface area contributed by atoms with E-state index < -0.39 is 5.91 Å². The van der Waals surface area contributed by atoms with E-state index in [4.69, 9.17) is 5.26 Å². The standard InChI is InChI=1S/C8H14N2O/c1-8(2,3)6-10(4)7(11)5-9/h6H2,1-4H3. The highest BCUT2D eigenvalue weighted by Gasteiger charge is 2.16. The van der Waals surface area contributed by atoms with E-state index in [0.717, 1.165) is 0 Å². The van der Waals surface area contributed by atoms with Crippen molar-refractivity contribution < 1.29 is 4.79 Å². The van der Waals surface area contributed by atoms with Gasteiger partial charge in [0.2, 0.25) is 0 Å². The van der Waals surface area contributed by atoms with Crippen molar-refractivity contribution in [2.24, 2.45) is 5.41 Å². The molecule has 62 valence electrons. The number of amides is 1. The lowest BCUT2D eigenvalue weighted by Crippen LogP contribution is -2.33. The number of carbonyl (C=O) groups is 1. The predicted molar refractivity (Wildman–Crippen MR) is 42.7 cm³/mol. The van der Waals surface area contributed by atoms with Gasteiger partial charge in [0.25, 0.3) is 0 Å². The molecular weight excluding hydrogens is 140 g/mol. The number of carbonyl (C=O) groups excluding carboxylic acids is 1. The van der Waals surface area contributed by atoms with Crippen molar-refractivity contribution in [3.05, 3.63) is 0 Å². The van der Waals surface area contributed by atoms with E-state index >= 15 is 0 Å². The zero-order valence-electron chi connectivity index (χ0n) is 7.51. The lowest BCUT2D eigenvalue weighted by molar-refractivity contribution is -0.125. The molecule has 0 heterocycles. The number of nitriles is 1. The number of hydrogen-bond donors (Lipinski definition) is 0. The van der Waals surface area contributed by atoms with E-state index in [0.29, 0.717) is 6.54 Å². The number of rotatable bonds is 1. The maximum Gasteiger partial charge on any atom is 0.324 e. The molecule has 0 fully saturated rings. The van der Waals surface area contributed by atoms with Crippen molar-refractivity contribution in [2.75, 3.05) is 13.6 Å². The van der Waals surface area contributed by atoms with Gasteiger partial charge in [0.05, 0.1) is 0 Å². The van der Waals surface area contributed by atoms with E-state index in [9.17, 15) is 4.79 Å². The van der Waals surface area contributed by atoms with Gasteiger partial charge in [0.15, 0.2) is 6.07 Å². The van der Waals surface area contributed by atoms with Gasteiger partial charge in [0, 0.05) is 13.6 Å². The van der Waals surface area contributed by atoms with E-state index in [-0.39, 0.29) is 5.41 Å². The molecule has 0 aliphatic rings. The third-order valence-electron chi connectivity index (χ3n) is 1.15. The van der Waals surface area contributed by atoms with Gasteiger partial charge in [-0.25, -0.2) is 0 Å². The second-order valence-electron chi connectivity index (χ2n) is 3.83. The highest BCUT2D eigenvalue weighted by molar-refractivity contribution is 5.90. The molecule has 0 rings (SSSR count). The van der Waals surface area contributed by atoms with Crippen molar-refractivity contribution in [1.29, 1.82) is 5.26 Å². The van der Waals surface area contributed by atoms with Crippen LogP contribution in [0.25, 0.3) is 0 Å². The summed E-state index contributed by atoms with van der Waals surface area (Å²) in [5.74, 6) is -0.472. The molecule has 0 bridgehead atoms. The first-order valence-corrected chi connectivity index (χ1v) is 3.52. The first-order chi connectivity index (χ1) is 4.87. The molecule has 0 saturated heterocycles. The summed E-state index contributed by atoms with van der Waals surface area (Å²) in [6.45, 7) is 6.68. The van der Waals surface area contributed by atoms with Crippen LogP contribution < -0.4 is 0 Å². The van der Waals surface area contributed by atoms with Crippen LogP contribution >= 0.6 is 0 Å². The van der Waals surface area contributed by atoms with Crippen LogP contribution in [0.2, 0.25) is 0 Å². The van der Waals surface area contributed by atoms with Gasteiger partial charge < -0.3 is 4.90 Å². The monoisotopic (exact) mass is 154 g/mol. The van der Waals surface area contributed by atoms with Crippen LogP contribution in [0.15, 0.2) is 0 Å². The van der Waals surface area contributed by atoms with Gasteiger partial charge in [-0.3, -0.25) is 4.79 Å². The Labute approximate surface area is 67.6 Å². The fourth-order valence-electron chi connectivity index (χ4n) is 0.869. The Morgan fingerprint density at radius 2 is 2.00 bits per heavy atom. The lowest BCUT2D eigenvalue weighted by Gasteiger charge is -2.24. The van der Waals surface area contributed by atoms with Gasteiger partial charge in [-0.05, 0) is 5.41 Å². The highest BCUT2D eigenvalue weighted by Crippen LogP contribution is 2.13. The maximum atomic E-state index is 10.8. The zero-order valence-corrected chi connectivity index (χ0v) is 7.51. The Hall–Kier alpha value is -1.04. The Bertz CT molecular complexity index is 185. The van der Waals surface area contributed by atoms with Crippen LogP contribution in [-0.4, -0.2) is 24.4 Å². The van der Waals surface area contributed by atoms with E-state index in [1.54, 1.807) is 13.1 Å². The van der Waals surface area contributed by atoms with Crippen LogP contribution in [0.3, 0.4) is 0 Å². The first kappa shape index (κ1) is 9.96. The second kappa shape index (κ2) is 3.38. The van der Waals surface area contributed by atoms with Gasteiger partial charge in [-0.15, -0.1) is 0 Å². The molecular formula is C8H14N2O. The molecule has 0 spiro atoms. The molecule has 0 radical (unpaired) electrons. The molecule has 0 aromatic heterocycles. The van der Waals surface area contributed by atoms with Gasteiger partial charge in [-0.1, -0.05) is 20.8 Å². The highest BCUT2D eigenvalue weighted by atomic mass is 16.2. The SMILES string of the molecule is CN(CC(C)(C)C)C(=O)C#N. The van der Waals surface area contributed by atoms with Crippen LogP contribution in [0.5, 0.6) is 0 Å². The number of hydrogen-bond acceptors (Lipinski definition) is 2. The minimum absolute atomic E-state index is 0.0568. The largest absolute Gasteiger partial charge is 0.333 e. The topological polar surface area (TPSA) is 44.1 Å². The summed E-state index contributed by atoms with van der Waals surface area (Å²) in [6.07, 6.45) is 0. The minimum Gasteiger partial charge on any atom is -0.333 e. The van der Waals surface area contributed by atoms with Crippen molar-refractivity contribution in [3.63, 3.8) is 0 Å². The summed E-state index contributed by atoms with van der Waals surface area (Å²) in [4.78, 5) is 12.2. The average molecular weight is 154 g/mol. The fourth-order valence-corrected chi connectivity index (χ4v) is 0.869. The summed E-state index contributed by atoms with van der Waals surface area (Å²) < 4.78 is 0. The molecule has 11 heavy (non-hydrogen) atoms. The van der Waals surface area contributed by atoms with Crippen molar-refractivity contribution in [2.45, 2.75) is 20.8 Å². The van der Waals surface area contributed by atoms with E-state index in [1.807, 2.05) is 20.8 Å². The van der Waals surface area contributed by atoms with Crippen molar-refractivity contribution in [1.82, 2.24) is 4.90 Å². The normalized spacial score (nSPS) is 10.5. The zero-order chi connectivity index (χ0) is 9.07. The molecule has 3 heteroatoms. The maximum absolute atomic E-state index is 10.8. The van der Waals surface area contributed by atoms with Crippen LogP contribution in [-0.2, 0) is 4.79 Å². The fraction of sp³-hybridized carbons (Fsp3) is 0.750. The van der Waals surface area contributed by atoms with E-state index in [1.165, 1.54) is 4.90 Å². The Balaban J connectivity index is 4.00. The predicted octanol–water partition coefficient (Wildman–Crippen LogP) is 1.01. The smallest absolute Gasteiger partial charge is 0.324 e. The summed E-state index contributed by atoms with van der Waals surface area (Å²) in [6, 6.07) is 1.57. The summed E-state index contributed by atoms with van der Waals surface area (Å²) in [5.41, 5.74) is 0.0568. The Morgan fingerprint density at radius 3 is 2.27 bits per heavy atom. The molecule has 3 nitrogen and oxygen atoms in total. The van der Waals surface area contributed by atoms with Crippen LogP contribution in [0.4, 0.5) is 0 Å². The van der Waals surface area contributed by atoms with Crippen molar-refractivity contribution in [3.8, 4) is 6.07 Å². The molecule has 1 amide bonds. The van der Waals surface area contributed by atoms with Crippen molar-refractivity contribution >= 4 is 5.91 Å². The average Bonchev–Trinajstić information content (AvgIpc) is 1.82. The molecule has 0 atom stereocenters. The summed E-state index contributed by atoms with van der Waals surface area (Å²) >= 11 is 0. The quantitative estimate of drug-likeness (QED) is 0.529. The summed E-state index contributed by atoms with van der Waals surface area (Å²) in [7, 11) is 1.64. The molecule has 0 aromatic rings. The van der Waals surface area contributed by atoms with Gasteiger partial charge in [-0.2, -0.15) is 5.26 Å². The molecule has 0 saturated carbocycles. The Kier molecular flexibility index (Phi) is 3.06.